The van der Waals surface area contributed by atoms with Gasteiger partial charge in [0, 0.05) is 17.9 Å². The Kier molecular flexibility index (Phi) is 4.22. The van der Waals surface area contributed by atoms with Crippen molar-refractivity contribution in [3.63, 3.8) is 0 Å². The van der Waals surface area contributed by atoms with Gasteiger partial charge < -0.3 is 4.90 Å². The number of rotatable bonds is 3. The second kappa shape index (κ2) is 5.98. The van der Waals surface area contributed by atoms with E-state index in [2.05, 4.69) is 15.9 Å². The van der Waals surface area contributed by atoms with Gasteiger partial charge in [-0.3, -0.25) is 4.79 Å². The van der Waals surface area contributed by atoms with Crippen LogP contribution in [0.3, 0.4) is 0 Å². The summed E-state index contributed by atoms with van der Waals surface area (Å²) < 4.78 is 38.2. The maximum atomic E-state index is 13.3. The van der Waals surface area contributed by atoms with Crippen molar-refractivity contribution in [1.29, 1.82) is 0 Å². The van der Waals surface area contributed by atoms with Crippen LogP contribution in [0.4, 0.5) is 13.2 Å². The minimum Gasteiger partial charge on any atom is -0.341 e. The predicted octanol–water partition coefficient (Wildman–Crippen LogP) is 5.40. The molecule has 1 amide bonds. The molecule has 4 aliphatic carbocycles. The van der Waals surface area contributed by atoms with Crippen molar-refractivity contribution in [1.82, 2.24) is 4.90 Å². The first-order valence-electron chi connectivity index (χ1n) is 9.19. The summed E-state index contributed by atoms with van der Waals surface area (Å²) in [6, 6.07) is 5.12. The molecule has 2 nitrogen and oxygen atoms in total. The Morgan fingerprint density at radius 2 is 1.73 bits per heavy atom. The van der Waals surface area contributed by atoms with Gasteiger partial charge in [-0.15, -0.1) is 0 Å². The van der Waals surface area contributed by atoms with Crippen molar-refractivity contribution < 1.29 is 18.0 Å². The number of hydrogen-bond donors (Lipinski definition) is 0. The van der Waals surface area contributed by atoms with Crippen LogP contribution >= 0.6 is 15.9 Å². The Bertz CT molecular complexity index is 701. The van der Waals surface area contributed by atoms with Crippen LogP contribution in [0, 0.1) is 17.3 Å². The molecule has 6 heteroatoms. The summed E-state index contributed by atoms with van der Waals surface area (Å²) in [5, 5.41) is 0. The van der Waals surface area contributed by atoms with Crippen molar-refractivity contribution in [3.8, 4) is 0 Å². The van der Waals surface area contributed by atoms with E-state index in [4.69, 9.17) is 0 Å². The van der Waals surface area contributed by atoms with Crippen LogP contribution in [-0.4, -0.2) is 22.2 Å². The highest BCUT2D eigenvalue weighted by Gasteiger charge is 2.60. The first-order valence-corrected chi connectivity index (χ1v) is 9.99. The van der Waals surface area contributed by atoms with Gasteiger partial charge in [-0.25, -0.2) is 0 Å². The van der Waals surface area contributed by atoms with Gasteiger partial charge in [0.05, 0.1) is 11.0 Å². The minimum absolute atomic E-state index is 0.113. The first kappa shape index (κ1) is 18.3. The molecule has 0 spiro atoms. The fourth-order valence-electron chi connectivity index (χ4n) is 5.95. The minimum atomic E-state index is -4.33. The van der Waals surface area contributed by atoms with Crippen LogP contribution in [0.2, 0.25) is 0 Å². The van der Waals surface area contributed by atoms with Gasteiger partial charge in [0.15, 0.2) is 0 Å². The van der Waals surface area contributed by atoms with Gasteiger partial charge >= 0.3 is 6.18 Å². The van der Waals surface area contributed by atoms with E-state index in [9.17, 15) is 18.0 Å². The summed E-state index contributed by atoms with van der Waals surface area (Å²) >= 11 is 3.93. The molecule has 4 fully saturated rings. The molecule has 1 aromatic rings. The van der Waals surface area contributed by atoms with Crippen molar-refractivity contribution in [2.45, 2.75) is 55.6 Å². The van der Waals surface area contributed by atoms with Gasteiger partial charge in [-0.05, 0) is 68.1 Å². The largest absolute Gasteiger partial charge is 0.416 e. The number of alkyl halides is 4. The third kappa shape index (κ3) is 3.19. The van der Waals surface area contributed by atoms with Crippen LogP contribution in [0.5, 0.6) is 0 Å². The van der Waals surface area contributed by atoms with E-state index in [0.29, 0.717) is 18.4 Å². The second-order valence-electron chi connectivity index (χ2n) is 8.75. The average molecular weight is 430 g/mol. The molecule has 142 valence electrons. The zero-order valence-electron chi connectivity index (χ0n) is 14.8. The second-order valence-corrected chi connectivity index (χ2v) is 10.4. The highest BCUT2D eigenvalue weighted by molar-refractivity contribution is 9.10. The SMILES string of the molecule is CN(Cc1ccc(C(F)(F)F)cc1)C(=O)C12CC3CC(CC(Br)(C3)C1)C2. The Hall–Kier alpha value is -1.04. The quantitative estimate of drug-likeness (QED) is 0.589. The molecule has 0 heterocycles. The molecule has 0 N–H and O–H groups in total. The van der Waals surface area contributed by atoms with Crippen LogP contribution in [-0.2, 0) is 17.5 Å². The van der Waals surface area contributed by atoms with E-state index in [-0.39, 0.29) is 15.6 Å². The molecule has 4 aliphatic rings. The molecular formula is C20H23BrF3NO. The standard InChI is InChI=1S/C20H23BrF3NO/c1-25(11-13-2-4-16(5-3-13)20(22,23)24)17(26)18-7-14-6-15(8-18)10-19(21,9-14)12-18/h2-5,14-15H,6-12H2,1H3. The molecule has 0 aliphatic heterocycles. The number of carbonyl (C=O) groups is 1. The third-order valence-corrected chi connectivity index (χ3v) is 7.42. The Morgan fingerprint density at radius 1 is 1.15 bits per heavy atom. The summed E-state index contributed by atoms with van der Waals surface area (Å²) in [6.07, 6.45) is 2.07. The molecular weight excluding hydrogens is 407 g/mol. The number of carbonyl (C=O) groups excluding carboxylic acids is 1. The Balaban J connectivity index is 1.48. The molecule has 4 bridgehead atoms. The zero-order valence-corrected chi connectivity index (χ0v) is 16.4. The molecule has 0 aromatic heterocycles. The molecule has 0 saturated heterocycles. The maximum Gasteiger partial charge on any atom is 0.416 e. The summed E-state index contributed by atoms with van der Waals surface area (Å²) in [5.74, 6) is 1.41. The van der Waals surface area contributed by atoms with E-state index in [1.54, 1.807) is 11.9 Å². The smallest absolute Gasteiger partial charge is 0.341 e. The Labute approximate surface area is 160 Å². The third-order valence-electron chi connectivity index (χ3n) is 6.49. The van der Waals surface area contributed by atoms with Gasteiger partial charge in [-0.1, -0.05) is 28.1 Å². The van der Waals surface area contributed by atoms with E-state index in [0.717, 1.165) is 37.0 Å². The summed E-state index contributed by atoms with van der Waals surface area (Å²) in [7, 11) is 1.78. The zero-order chi connectivity index (χ0) is 18.7. The summed E-state index contributed by atoms with van der Waals surface area (Å²) in [5.41, 5.74) is -0.210. The number of amides is 1. The predicted molar refractivity (Wildman–Crippen MR) is 96.7 cm³/mol. The van der Waals surface area contributed by atoms with Gasteiger partial charge in [0.1, 0.15) is 0 Å². The summed E-state index contributed by atoms with van der Waals surface area (Å²) in [6.45, 7) is 0.351. The van der Waals surface area contributed by atoms with Crippen LogP contribution in [0.15, 0.2) is 24.3 Å². The van der Waals surface area contributed by atoms with E-state index < -0.39 is 11.7 Å². The average Bonchev–Trinajstić information content (AvgIpc) is 2.51. The van der Waals surface area contributed by atoms with Crippen molar-refractivity contribution in [3.05, 3.63) is 35.4 Å². The number of halogens is 4. The first-order chi connectivity index (χ1) is 12.1. The lowest BCUT2D eigenvalue weighted by molar-refractivity contribution is -0.154. The van der Waals surface area contributed by atoms with Crippen LogP contribution in [0.25, 0.3) is 0 Å². The Morgan fingerprint density at radius 3 is 2.23 bits per heavy atom. The fourth-order valence-corrected chi connectivity index (χ4v) is 7.40. The monoisotopic (exact) mass is 429 g/mol. The topological polar surface area (TPSA) is 20.3 Å². The number of benzene rings is 1. The highest BCUT2D eigenvalue weighted by Crippen LogP contribution is 2.64. The van der Waals surface area contributed by atoms with Gasteiger partial charge in [0.2, 0.25) is 5.91 Å². The lowest BCUT2D eigenvalue weighted by Gasteiger charge is -2.60. The molecule has 26 heavy (non-hydrogen) atoms. The van der Waals surface area contributed by atoms with E-state index in [1.807, 2.05) is 0 Å². The fraction of sp³-hybridized carbons (Fsp3) is 0.650. The highest BCUT2D eigenvalue weighted by atomic mass is 79.9. The molecule has 1 aromatic carbocycles. The molecule has 4 saturated carbocycles. The molecule has 2 atom stereocenters. The van der Waals surface area contributed by atoms with Crippen LogP contribution in [0.1, 0.15) is 49.7 Å². The van der Waals surface area contributed by atoms with E-state index >= 15 is 0 Å². The van der Waals surface area contributed by atoms with Gasteiger partial charge in [-0.2, -0.15) is 13.2 Å². The lowest BCUT2D eigenvalue weighted by atomic mass is 9.49. The molecule has 2 unspecified atom stereocenters. The lowest BCUT2D eigenvalue weighted by Crippen LogP contribution is -2.58. The van der Waals surface area contributed by atoms with Crippen molar-refractivity contribution in [2.75, 3.05) is 7.05 Å². The van der Waals surface area contributed by atoms with E-state index in [1.165, 1.54) is 31.4 Å². The summed E-state index contributed by atoms with van der Waals surface area (Å²) in [4.78, 5) is 15.0. The van der Waals surface area contributed by atoms with Crippen molar-refractivity contribution in [2.24, 2.45) is 17.3 Å². The normalized spacial score (nSPS) is 35.6. The maximum absolute atomic E-state index is 13.3. The van der Waals surface area contributed by atoms with Crippen LogP contribution < -0.4 is 0 Å². The number of nitrogens with zero attached hydrogens (tertiary/aromatic N) is 1. The van der Waals surface area contributed by atoms with Gasteiger partial charge in [0.25, 0.3) is 0 Å². The number of hydrogen-bond acceptors (Lipinski definition) is 1. The molecule has 5 rings (SSSR count). The van der Waals surface area contributed by atoms with Crippen molar-refractivity contribution >= 4 is 21.8 Å². The molecule has 0 radical (unpaired) electrons.